The highest BCUT2D eigenvalue weighted by molar-refractivity contribution is 5.92. The zero-order valence-electron chi connectivity index (χ0n) is 14.8. The molecule has 2 rings (SSSR count). The molecule has 0 fully saturated rings. The molecular formula is C18H22N2O5. The second kappa shape index (κ2) is 8.23. The van der Waals surface area contributed by atoms with Gasteiger partial charge in [0.25, 0.3) is 5.91 Å². The van der Waals surface area contributed by atoms with Gasteiger partial charge in [0.15, 0.2) is 17.2 Å². The van der Waals surface area contributed by atoms with Gasteiger partial charge in [-0.15, -0.1) is 0 Å². The Kier molecular flexibility index (Phi) is 6.05. The zero-order chi connectivity index (χ0) is 18.4. The molecule has 7 nitrogen and oxygen atoms in total. The Morgan fingerprint density at radius 1 is 1.04 bits per heavy atom. The number of rotatable bonds is 7. The van der Waals surface area contributed by atoms with Gasteiger partial charge in [-0.1, -0.05) is 6.07 Å². The molecule has 2 aromatic rings. The van der Waals surface area contributed by atoms with Gasteiger partial charge in [-0.05, 0) is 24.1 Å². The predicted octanol–water partition coefficient (Wildman–Crippen LogP) is 1.38. The van der Waals surface area contributed by atoms with Crippen LogP contribution in [0.4, 0.5) is 0 Å². The fraction of sp³-hybridized carbons (Fsp3) is 0.333. The quantitative estimate of drug-likeness (QED) is 0.819. The molecule has 1 aromatic heterocycles. The maximum absolute atomic E-state index is 12.3. The Balaban J connectivity index is 2.01. The molecule has 0 saturated heterocycles. The summed E-state index contributed by atoms with van der Waals surface area (Å²) in [5.74, 6) is 1.18. The van der Waals surface area contributed by atoms with Crippen LogP contribution < -0.4 is 25.0 Å². The summed E-state index contributed by atoms with van der Waals surface area (Å²) in [6.07, 6.45) is 2.11. The number of aryl methyl sites for hydroxylation is 1. The second-order valence-corrected chi connectivity index (χ2v) is 5.40. The lowest BCUT2D eigenvalue weighted by atomic mass is 10.1. The van der Waals surface area contributed by atoms with Crippen LogP contribution in [-0.4, -0.2) is 38.3 Å². The summed E-state index contributed by atoms with van der Waals surface area (Å²) in [5, 5.41) is 2.81. The summed E-state index contributed by atoms with van der Waals surface area (Å²) in [4.78, 5) is 24.1. The van der Waals surface area contributed by atoms with E-state index in [9.17, 15) is 9.59 Å². The first-order valence-corrected chi connectivity index (χ1v) is 7.74. The van der Waals surface area contributed by atoms with Gasteiger partial charge in [0.1, 0.15) is 5.69 Å². The first-order chi connectivity index (χ1) is 12.0. The molecule has 134 valence electrons. The van der Waals surface area contributed by atoms with Gasteiger partial charge in [-0.2, -0.15) is 0 Å². The zero-order valence-corrected chi connectivity index (χ0v) is 14.8. The lowest BCUT2D eigenvalue weighted by molar-refractivity contribution is 0.0945. The van der Waals surface area contributed by atoms with Crippen LogP contribution in [-0.2, 0) is 13.5 Å². The number of carbonyl (C=O) groups is 1. The SMILES string of the molecule is COc1ccc(CCNC(=O)c2cc(=O)c(OC)cn2C)cc1OC. The molecule has 0 radical (unpaired) electrons. The van der Waals surface area contributed by atoms with E-state index in [4.69, 9.17) is 14.2 Å². The van der Waals surface area contributed by atoms with Crippen molar-refractivity contribution in [2.75, 3.05) is 27.9 Å². The fourth-order valence-electron chi connectivity index (χ4n) is 2.43. The molecule has 0 aliphatic heterocycles. The standard InChI is InChI=1S/C18H22N2O5/c1-20-11-17(25-4)14(21)10-13(20)18(22)19-8-7-12-5-6-15(23-2)16(9-12)24-3/h5-6,9-11H,7-8H2,1-4H3,(H,19,22). The minimum atomic E-state index is -0.328. The van der Waals surface area contributed by atoms with E-state index in [1.54, 1.807) is 25.8 Å². The number of pyridine rings is 1. The first kappa shape index (κ1) is 18.4. The summed E-state index contributed by atoms with van der Waals surface area (Å²) in [6.45, 7) is 0.425. The van der Waals surface area contributed by atoms with Crippen LogP contribution in [0.2, 0.25) is 0 Å². The first-order valence-electron chi connectivity index (χ1n) is 7.74. The third-order valence-electron chi connectivity index (χ3n) is 3.80. The fourth-order valence-corrected chi connectivity index (χ4v) is 2.43. The lowest BCUT2D eigenvalue weighted by Crippen LogP contribution is -2.29. The number of carbonyl (C=O) groups excluding carboxylic acids is 1. The van der Waals surface area contributed by atoms with Crippen LogP contribution in [0, 0.1) is 0 Å². The minimum absolute atomic E-state index is 0.198. The Morgan fingerprint density at radius 3 is 2.36 bits per heavy atom. The van der Waals surface area contributed by atoms with Crippen molar-refractivity contribution in [3.63, 3.8) is 0 Å². The second-order valence-electron chi connectivity index (χ2n) is 5.40. The lowest BCUT2D eigenvalue weighted by Gasteiger charge is -2.12. The van der Waals surface area contributed by atoms with Gasteiger partial charge in [-0.25, -0.2) is 0 Å². The minimum Gasteiger partial charge on any atom is -0.493 e. The predicted molar refractivity (Wildman–Crippen MR) is 93.8 cm³/mol. The summed E-state index contributed by atoms with van der Waals surface area (Å²) in [6, 6.07) is 6.87. The number of hydrogen-bond donors (Lipinski definition) is 1. The van der Waals surface area contributed by atoms with Crippen molar-refractivity contribution in [1.82, 2.24) is 9.88 Å². The molecule has 7 heteroatoms. The Hall–Kier alpha value is -2.96. The van der Waals surface area contributed by atoms with Crippen molar-refractivity contribution >= 4 is 5.91 Å². The molecule has 1 aromatic carbocycles. The molecule has 0 bridgehead atoms. The number of hydrogen-bond acceptors (Lipinski definition) is 5. The average molecular weight is 346 g/mol. The maximum atomic E-state index is 12.3. The Labute approximate surface area is 146 Å². The third-order valence-corrected chi connectivity index (χ3v) is 3.80. The van der Waals surface area contributed by atoms with Crippen LogP contribution in [0.3, 0.4) is 0 Å². The molecule has 0 aliphatic rings. The third kappa shape index (κ3) is 4.32. The number of nitrogens with one attached hydrogen (secondary N) is 1. The molecule has 0 spiro atoms. The van der Waals surface area contributed by atoms with E-state index in [2.05, 4.69) is 5.32 Å². The van der Waals surface area contributed by atoms with Crippen molar-refractivity contribution in [3.05, 3.63) is 51.9 Å². The molecule has 0 aliphatic carbocycles. The van der Waals surface area contributed by atoms with E-state index in [-0.39, 0.29) is 22.8 Å². The van der Waals surface area contributed by atoms with Gasteiger partial charge in [0.05, 0.1) is 27.5 Å². The van der Waals surface area contributed by atoms with Crippen molar-refractivity contribution in [3.8, 4) is 17.2 Å². The molecule has 25 heavy (non-hydrogen) atoms. The summed E-state index contributed by atoms with van der Waals surface area (Å²) in [7, 11) is 6.26. The van der Waals surface area contributed by atoms with Gasteiger partial charge in [0.2, 0.25) is 5.43 Å². The van der Waals surface area contributed by atoms with Gasteiger partial charge in [0, 0.05) is 19.7 Å². The van der Waals surface area contributed by atoms with Gasteiger partial charge in [-0.3, -0.25) is 9.59 Å². The van der Waals surface area contributed by atoms with E-state index >= 15 is 0 Å². The molecule has 0 atom stereocenters. The maximum Gasteiger partial charge on any atom is 0.268 e. The highest BCUT2D eigenvalue weighted by Crippen LogP contribution is 2.27. The molecule has 1 amide bonds. The number of nitrogens with zero attached hydrogens (tertiary/aromatic N) is 1. The Morgan fingerprint density at radius 2 is 1.72 bits per heavy atom. The number of benzene rings is 1. The van der Waals surface area contributed by atoms with Crippen LogP contribution in [0.1, 0.15) is 16.1 Å². The van der Waals surface area contributed by atoms with Crippen LogP contribution >= 0.6 is 0 Å². The highest BCUT2D eigenvalue weighted by Gasteiger charge is 2.12. The van der Waals surface area contributed by atoms with Gasteiger partial charge >= 0.3 is 0 Å². The number of methoxy groups -OCH3 is 3. The molecule has 0 unspecified atom stereocenters. The van der Waals surface area contributed by atoms with E-state index in [0.29, 0.717) is 24.5 Å². The monoisotopic (exact) mass is 346 g/mol. The summed E-state index contributed by atoms with van der Waals surface area (Å²) >= 11 is 0. The molecule has 0 saturated carbocycles. The van der Waals surface area contributed by atoms with E-state index < -0.39 is 0 Å². The molecular weight excluding hydrogens is 324 g/mol. The average Bonchev–Trinajstić information content (AvgIpc) is 2.62. The van der Waals surface area contributed by atoms with Crippen molar-refractivity contribution in [2.24, 2.45) is 7.05 Å². The largest absolute Gasteiger partial charge is 0.493 e. The van der Waals surface area contributed by atoms with E-state index in [1.165, 1.54) is 19.4 Å². The van der Waals surface area contributed by atoms with Gasteiger partial charge < -0.3 is 24.1 Å². The number of amides is 1. The number of aromatic nitrogens is 1. The summed E-state index contributed by atoms with van der Waals surface area (Å²) < 4.78 is 17.0. The smallest absolute Gasteiger partial charge is 0.268 e. The molecule has 1 N–H and O–H groups in total. The van der Waals surface area contributed by atoms with Crippen LogP contribution in [0.15, 0.2) is 35.3 Å². The van der Waals surface area contributed by atoms with Crippen LogP contribution in [0.5, 0.6) is 17.2 Å². The summed E-state index contributed by atoms with van der Waals surface area (Å²) in [5.41, 5.74) is 0.949. The Bertz CT molecular complexity index is 814. The van der Waals surface area contributed by atoms with Crippen LogP contribution in [0.25, 0.3) is 0 Å². The highest BCUT2D eigenvalue weighted by atomic mass is 16.5. The normalized spacial score (nSPS) is 10.2. The van der Waals surface area contributed by atoms with Crippen molar-refractivity contribution < 1.29 is 19.0 Å². The van der Waals surface area contributed by atoms with E-state index in [1.807, 2.05) is 18.2 Å². The van der Waals surface area contributed by atoms with Crippen molar-refractivity contribution in [1.29, 1.82) is 0 Å². The topological polar surface area (TPSA) is 78.8 Å². The number of ether oxygens (including phenoxy) is 3. The van der Waals surface area contributed by atoms with E-state index in [0.717, 1.165) is 5.56 Å². The molecule has 1 heterocycles. The van der Waals surface area contributed by atoms with Crippen molar-refractivity contribution in [2.45, 2.75) is 6.42 Å².